The molecule has 0 radical (unpaired) electrons. The van der Waals surface area contributed by atoms with Gasteiger partial charge in [0.15, 0.2) is 0 Å². The molecule has 7 heteroatoms. The number of halogens is 2. The molecule has 1 aromatic carbocycles. The van der Waals surface area contributed by atoms with E-state index in [0.717, 1.165) is 48.4 Å². The van der Waals surface area contributed by atoms with Crippen molar-refractivity contribution in [2.24, 2.45) is 0 Å². The molecule has 0 unspecified atom stereocenters. The number of benzene rings is 1. The van der Waals surface area contributed by atoms with Crippen molar-refractivity contribution in [1.82, 2.24) is 15.1 Å². The van der Waals surface area contributed by atoms with E-state index in [4.69, 9.17) is 23.2 Å². The Labute approximate surface area is 131 Å². The largest absolute Gasteiger partial charge is 0.368 e. The van der Waals surface area contributed by atoms with Crippen LogP contribution >= 0.6 is 34.5 Å². The van der Waals surface area contributed by atoms with Gasteiger partial charge in [-0.05, 0) is 23.7 Å². The molecule has 1 aliphatic rings. The van der Waals surface area contributed by atoms with Crippen molar-refractivity contribution in [2.75, 3.05) is 31.1 Å². The van der Waals surface area contributed by atoms with Crippen molar-refractivity contribution in [1.29, 1.82) is 0 Å². The van der Waals surface area contributed by atoms with Crippen molar-refractivity contribution in [2.45, 2.75) is 6.54 Å². The number of rotatable bonds is 3. The maximum absolute atomic E-state index is 6.24. The highest BCUT2D eigenvalue weighted by Gasteiger charge is 2.19. The van der Waals surface area contributed by atoms with Gasteiger partial charge < -0.3 is 4.90 Å². The van der Waals surface area contributed by atoms with Gasteiger partial charge in [0.2, 0.25) is 4.47 Å². The van der Waals surface area contributed by atoms with Crippen molar-refractivity contribution >= 4 is 40.2 Å². The summed E-state index contributed by atoms with van der Waals surface area (Å²) < 4.78 is 0.509. The Bertz CT molecular complexity index is 581. The first-order valence-corrected chi connectivity index (χ1v) is 7.99. The summed E-state index contributed by atoms with van der Waals surface area (Å²) >= 11 is 13.5. The first kappa shape index (κ1) is 14.1. The predicted molar refractivity (Wildman–Crippen MR) is 83.9 cm³/mol. The summed E-state index contributed by atoms with van der Waals surface area (Å²) in [6, 6.07) is 7.99. The van der Waals surface area contributed by atoms with E-state index in [1.165, 1.54) is 11.3 Å². The second-order valence-electron chi connectivity index (χ2n) is 4.66. The molecule has 0 bridgehead atoms. The topological polar surface area (TPSA) is 32.3 Å². The van der Waals surface area contributed by atoms with Crippen molar-refractivity contribution < 1.29 is 0 Å². The van der Waals surface area contributed by atoms with E-state index in [0.29, 0.717) is 4.47 Å². The smallest absolute Gasteiger partial charge is 0.207 e. The lowest BCUT2D eigenvalue weighted by molar-refractivity contribution is 0.249. The van der Waals surface area contributed by atoms with Gasteiger partial charge in [0.25, 0.3) is 0 Å². The monoisotopic (exact) mass is 328 g/mol. The normalized spacial score (nSPS) is 16.6. The molecule has 1 aliphatic heterocycles. The van der Waals surface area contributed by atoms with Crippen molar-refractivity contribution in [3.8, 4) is 0 Å². The standard InChI is InChI=1S/C13H14Cl2N4S/c14-10-3-1-2-4-11(10)19-7-5-18(6-8-19)9-12-16-17-13(15)20-12/h1-4H,5-9H2. The number of anilines is 1. The van der Waals surface area contributed by atoms with Crippen LogP contribution in [-0.2, 0) is 6.54 Å². The van der Waals surface area contributed by atoms with Gasteiger partial charge in [0, 0.05) is 26.2 Å². The fraction of sp³-hybridized carbons (Fsp3) is 0.385. The van der Waals surface area contributed by atoms with Gasteiger partial charge in [-0.15, -0.1) is 10.2 Å². The average Bonchev–Trinajstić information content (AvgIpc) is 2.86. The molecule has 4 nitrogen and oxygen atoms in total. The fourth-order valence-corrected chi connectivity index (χ4v) is 3.51. The number of hydrogen-bond acceptors (Lipinski definition) is 5. The number of piperazine rings is 1. The molecule has 0 aliphatic carbocycles. The minimum atomic E-state index is 0.509. The van der Waals surface area contributed by atoms with Gasteiger partial charge in [-0.1, -0.05) is 35.1 Å². The number of nitrogens with zero attached hydrogens (tertiary/aromatic N) is 4. The van der Waals surface area contributed by atoms with Crippen LogP contribution in [0.15, 0.2) is 24.3 Å². The predicted octanol–water partition coefficient (Wildman–Crippen LogP) is 3.17. The Balaban J connectivity index is 1.58. The van der Waals surface area contributed by atoms with Crippen LogP contribution in [0.4, 0.5) is 5.69 Å². The molecule has 3 rings (SSSR count). The molecule has 0 saturated carbocycles. The summed E-state index contributed by atoms with van der Waals surface area (Å²) in [4.78, 5) is 4.69. The zero-order valence-corrected chi connectivity index (χ0v) is 13.1. The van der Waals surface area contributed by atoms with E-state index in [-0.39, 0.29) is 0 Å². The molecule has 0 N–H and O–H groups in total. The van der Waals surface area contributed by atoms with Crippen LogP contribution in [0.2, 0.25) is 9.49 Å². The minimum absolute atomic E-state index is 0.509. The number of hydrogen-bond donors (Lipinski definition) is 0. The minimum Gasteiger partial charge on any atom is -0.368 e. The molecule has 20 heavy (non-hydrogen) atoms. The van der Waals surface area contributed by atoms with Crippen LogP contribution < -0.4 is 4.90 Å². The third-order valence-corrected chi connectivity index (χ3v) is 4.69. The quantitative estimate of drug-likeness (QED) is 0.866. The summed E-state index contributed by atoms with van der Waals surface area (Å²) in [6.07, 6.45) is 0. The molecule has 1 saturated heterocycles. The molecule has 0 spiro atoms. The first-order chi connectivity index (χ1) is 9.72. The molecule has 2 aromatic rings. The molecule has 2 heterocycles. The molecular formula is C13H14Cl2N4S. The second-order valence-corrected chi connectivity index (χ2v) is 6.71. The van der Waals surface area contributed by atoms with Crippen molar-refractivity contribution in [3.63, 3.8) is 0 Å². The maximum Gasteiger partial charge on any atom is 0.207 e. The molecule has 106 valence electrons. The van der Waals surface area contributed by atoms with Gasteiger partial charge in [0.05, 0.1) is 17.3 Å². The summed E-state index contributed by atoms with van der Waals surface area (Å²) in [6.45, 7) is 4.73. The summed E-state index contributed by atoms with van der Waals surface area (Å²) in [5, 5.41) is 9.69. The van der Waals surface area contributed by atoms with Gasteiger partial charge in [-0.25, -0.2) is 0 Å². The van der Waals surface area contributed by atoms with Crippen LogP contribution in [-0.4, -0.2) is 41.3 Å². The highest BCUT2D eigenvalue weighted by atomic mass is 35.5. The van der Waals surface area contributed by atoms with E-state index < -0.39 is 0 Å². The number of para-hydroxylation sites is 1. The average molecular weight is 329 g/mol. The van der Waals surface area contributed by atoms with Crippen molar-refractivity contribution in [3.05, 3.63) is 38.8 Å². The second kappa shape index (κ2) is 6.26. The lowest BCUT2D eigenvalue weighted by Crippen LogP contribution is -2.46. The molecule has 0 amide bonds. The zero-order valence-electron chi connectivity index (χ0n) is 10.8. The van der Waals surface area contributed by atoms with E-state index in [9.17, 15) is 0 Å². The van der Waals surface area contributed by atoms with Gasteiger partial charge in [0.1, 0.15) is 5.01 Å². The lowest BCUT2D eigenvalue weighted by Gasteiger charge is -2.36. The summed E-state index contributed by atoms with van der Waals surface area (Å²) in [7, 11) is 0. The Morgan fingerprint density at radius 3 is 2.45 bits per heavy atom. The van der Waals surface area contributed by atoms with E-state index in [1.54, 1.807) is 0 Å². The summed E-state index contributed by atoms with van der Waals surface area (Å²) in [5.41, 5.74) is 1.12. The Morgan fingerprint density at radius 1 is 1.05 bits per heavy atom. The van der Waals surface area contributed by atoms with E-state index in [2.05, 4.69) is 26.1 Å². The third-order valence-electron chi connectivity index (χ3n) is 3.37. The molecule has 0 atom stereocenters. The third kappa shape index (κ3) is 3.23. The SMILES string of the molecule is Clc1nnc(CN2CCN(c3ccccc3Cl)CC2)s1. The number of aromatic nitrogens is 2. The fourth-order valence-electron chi connectivity index (χ4n) is 2.34. The molecule has 1 aromatic heterocycles. The van der Waals surface area contributed by atoms with Crippen LogP contribution in [0.5, 0.6) is 0 Å². The highest BCUT2D eigenvalue weighted by molar-refractivity contribution is 7.15. The molecular weight excluding hydrogens is 315 g/mol. The van der Waals surface area contributed by atoms with E-state index in [1.807, 2.05) is 18.2 Å². The summed E-state index contributed by atoms with van der Waals surface area (Å²) in [5.74, 6) is 0. The molecule has 1 fully saturated rings. The first-order valence-electron chi connectivity index (χ1n) is 6.42. The Morgan fingerprint density at radius 2 is 1.80 bits per heavy atom. The van der Waals surface area contributed by atoms with Crippen LogP contribution in [0.25, 0.3) is 0 Å². The lowest BCUT2D eigenvalue weighted by atomic mass is 10.2. The van der Waals surface area contributed by atoms with E-state index >= 15 is 0 Å². The Hall–Kier alpha value is -0.880. The van der Waals surface area contributed by atoms with Crippen LogP contribution in [0, 0.1) is 0 Å². The maximum atomic E-state index is 6.24. The van der Waals surface area contributed by atoms with Gasteiger partial charge in [-0.3, -0.25) is 4.90 Å². The van der Waals surface area contributed by atoms with Crippen LogP contribution in [0.3, 0.4) is 0 Å². The highest BCUT2D eigenvalue weighted by Crippen LogP contribution is 2.26. The van der Waals surface area contributed by atoms with Crippen LogP contribution in [0.1, 0.15) is 5.01 Å². The zero-order chi connectivity index (χ0) is 13.9. The van der Waals surface area contributed by atoms with Gasteiger partial charge >= 0.3 is 0 Å². The Kier molecular flexibility index (Phi) is 4.41. The van der Waals surface area contributed by atoms with Gasteiger partial charge in [-0.2, -0.15) is 0 Å².